The van der Waals surface area contributed by atoms with Crippen molar-refractivity contribution in [2.75, 3.05) is 6.54 Å². The molecule has 0 heterocycles. The predicted octanol–water partition coefficient (Wildman–Crippen LogP) is -0.247. The Hall–Kier alpha value is -4.65. The first-order valence-electron chi connectivity index (χ1n) is 13.6. The molecule has 0 radical (unpaired) electrons. The summed E-state index contributed by atoms with van der Waals surface area (Å²) in [5, 5.41) is 27.1. The second kappa shape index (κ2) is 16.6. The fourth-order valence-electron chi connectivity index (χ4n) is 4.01. The molecular formula is C29H41N7O6. The predicted molar refractivity (Wildman–Crippen MR) is 158 cm³/mol. The number of nitrogens with zero attached hydrogens (tertiary/aromatic N) is 1. The van der Waals surface area contributed by atoms with Crippen molar-refractivity contribution in [2.45, 2.75) is 63.7 Å². The van der Waals surface area contributed by atoms with Crippen molar-refractivity contribution in [2.24, 2.45) is 28.1 Å². The number of phenols is 1. The summed E-state index contributed by atoms with van der Waals surface area (Å²) in [6.07, 6.45) is 0.442. The molecule has 4 unspecified atom stereocenters. The van der Waals surface area contributed by atoms with E-state index in [1.165, 1.54) is 12.1 Å². The van der Waals surface area contributed by atoms with Crippen LogP contribution in [0.25, 0.3) is 0 Å². The third-order valence-corrected chi connectivity index (χ3v) is 6.51. The molecule has 13 nitrogen and oxygen atoms in total. The first-order valence-corrected chi connectivity index (χ1v) is 13.6. The van der Waals surface area contributed by atoms with Gasteiger partial charge in [0.2, 0.25) is 17.7 Å². The number of rotatable bonds is 16. The maximum Gasteiger partial charge on any atom is 0.326 e. The van der Waals surface area contributed by atoms with E-state index in [4.69, 9.17) is 17.2 Å². The van der Waals surface area contributed by atoms with Crippen LogP contribution in [-0.2, 0) is 32.0 Å². The van der Waals surface area contributed by atoms with Crippen molar-refractivity contribution in [1.29, 1.82) is 0 Å². The van der Waals surface area contributed by atoms with Crippen molar-refractivity contribution in [1.82, 2.24) is 16.0 Å². The molecule has 0 aliphatic carbocycles. The molecule has 0 spiro atoms. The molecular weight excluding hydrogens is 542 g/mol. The molecule has 0 aliphatic heterocycles. The fourth-order valence-corrected chi connectivity index (χ4v) is 4.01. The van der Waals surface area contributed by atoms with Gasteiger partial charge in [-0.15, -0.1) is 0 Å². The number of carboxylic acids is 1. The third kappa shape index (κ3) is 11.5. The summed E-state index contributed by atoms with van der Waals surface area (Å²) in [7, 11) is 0. The number of guanidine groups is 1. The summed E-state index contributed by atoms with van der Waals surface area (Å²) in [6, 6.07) is 10.5. The Bertz CT molecular complexity index is 1220. The molecule has 2 rings (SSSR count). The van der Waals surface area contributed by atoms with E-state index in [-0.39, 0.29) is 43.4 Å². The number of nitrogens with two attached hydrogens (primary N) is 3. The van der Waals surface area contributed by atoms with Gasteiger partial charge in [-0.25, -0.2) is 4.79 Å². The SMILES string of the molecule is CC(C)C(N)C(=O)NC(Cc1ccccc1)C(=O)NC(CCCN=C(N)N)C(=O)NC(Cc1ccc(O)cc1)C(=O)O. The number of carboxylic acid groups (broad SMARTS) is 1. The number of benzene rings is 2. The molecule has 0 aliphatic rings. The Morgan fingerprint density at radius 1 is 0.786 bits per heavy atom. The number of amides is 3. The van der Waals surface area contributed by atoms with Crippen molar-refractivity contribution >= 4 is 29.7 Å². The van der Waals surface area contributed by atoms with Gasteiger partial charge in [0.1, 0.15) is 23.9 Å². The summed E-state index contributed by atoms with van der Waals surface area (Å²) in [5.41, 5.74) is 18.1. The van der Waals surface area contributed by atoms with Crippen molar-refractivity contribution in [3.63, 3.8) is 0 Å². The van der Waals surface area contributed by atoms with Gasteiger partial charge in [-0.05, 0) is 42.0 Å². The summed E-state index contributed by atoms with van der Waals surface area (Å²) >= 11 is 0. The van der Waals surface area contributed by atoms with Crippen LogP contribution in [0.2, 0.25) is 0 Å². The van der Waals surface area contributed by atoms with E-state index in [1.54, 1.807) is 50.2 Å². The Labute approximate surface area is 244 Å². The fraction of sp³-hybridized carbons (Fsp3) is 0.414. The van der Waals surface area contributed by atoms with Gasteiger partial charge in [0.05, 0.1) is 6.04 Å². The summed E-state index contributed by atoms with van der Waals surface area (Å²) in [6.45, 7) is 3.74. The molecule has 0 saturated heterocycles. The summed E-state index contributed by atoms with van der Waals surface area (Å²) < 4.78 is 0. The molecule has 11 N–H and O–H groups in total. The number of aliphatic imine (C=N–C) groups is 1. The highest BCUT2D eigenvalue weighted by Crippen LogP contribution is 2.12. The normalized spacial score (nSPS) is 13.7. The van der Waals surface area contributed by atoms with Crippen LogP contribution in [0.15, 0.2) is 59.6 Å². The molecule has 42 heavy (non-hydrogen) atoms. The van der Waals surface area contributed by atoms with Crippen molar-refractivity contribution < 1.29 is 29.4 Å². The molecule has 3 amide bonds. The average Bonchev–Trinajstić information content (AvgIpc) is 2.94. The van der Waals surface area contributed by atoms with Gasteiger partial charge >= 0.3 is 5.97 Å². The van der Waals surface area contributed by atoms with Gasteiger partial charge in [0.15, 0.2) is 5.96 Å². The van der Waals surface area contributed by atoms with Crippen LogP contribution < -0.4 is 33.2 Å². The minimum absolute atomic E-state index is 0.0183. The zero-order chi connectivity index (χ0) is 31.2. The van der Waals surface area contributed by atoms with Gasteiger partial charge in [-0.2, -0.15) is 0 Å². The van der Waals surface area contributed by atoms with Crippen molar-refractivity contribution in [3.05, 3.63) is 65.7 Å². The number of nitrogens with one attached hydrogen (secondary N) is 3. The zero-order valence-corrected chi connectivity index (χ0v) is 23.8. The van der Waals surface area contributed by atoms with Crippen LogP contribution >= 0.6 is 0 Å². The average molecular weight is 584 g/mol. The molecule has 13 heteroatoms. The monoisotopic (exact) mass is 583 g/mol. The summed E-state index contributed by atoms with van der Waals surface area (Å²) in [4.78, 5) is 55.5. The molecule has 0 fully saturated rings. The maximum absolute atomic E-state index is 13.5. The Morgan fingerprint density at radius 2 is 1.31 bits per heavy atom. The van der Waals surface area contributed by atoms with Crippen LogP contribution in [0.4, 0.5) is 0 Å². The molecule has 4 atom stereocenters. The highest BCUT2D eigenvalue weighted by molar-refractivity contribution is 5.94. The Morgan fingerprint density at radius 3 is 1.88 bits per heavy atom. The van der Waals surface area contributed by atoms with Gasteiger partial charge in [-0.1, -0.05) is 56.3 Å². The molecule has 2 aromatic carbocycles. The smallest absolute Gasteiger partial charge is 0.326 e. The lowest BCUT2D eigenvalue weighted by Crippen LogP contribution is -2.58. The van der Waals surface area contributed by atoms with Crippen LogP contribution in [0.3, 0.4) is 0 Å². The van der Waals surface area contributed by atoms with Gasteiger partial charge in [-0.3, -0.25) is 19.4 Å². The second-order valence-corrected chi connectivity index (χ2v) is 10.3. The summed E-state index contributed by atoms with van der Waals surface area (Å²) in [5.74, 6) is -3.47. The number of hydrogen-bond acceptors (Lipinski definition) is 7. The molecule has 2 aromatic rings. The number of phenolic OH excluding ortho intramolecular Hbond substituents is 1. The van der Waals surface area contributed by atoms with E-state index < -0.39 is 47.9 Å². The van der Waals surface area contributed by atoms with E-state index in [2.05, 4.69) is 20.9 Å². The third-order valence-electron chi connectivity index (χ3n) is 6.51. The van der Waals surface area contributed by atoms with E-state index >= 15 is 0 Å². The number of hydrogen-bond donors (Lipinski definition) is 8. The van der Waals surface area contributed by atoms with E-state index in [0.29, 0.717) is 12.0 Å². The maximum atomic E-state index is 13.5. The second-order valence-electron chi connectivity index (χ2n) is 10.3. The van der Waals surface area contributed by atoms with Gasteiger partial charge in [0, 0.05) is 19.4 Å². The highest BCUT2D eigenvalue weighted by atomic mass is 16.4. The minimum Gasteiger partial charge on any atom is -0.508 e. The van der Waals surface area contributed by atoms with E-state index in [1.807, 2.05) is 6.07 Å². The first-order chi connectivity index (χ1) is 19.9. The van der Waals surface area contributed by atoms with Gasteiger partial charge in [0.25, 0.3) is 0 Å². The first kappa shape index (κ1) is 33.6. The Balaban J connectivity index is 2.26. The lowest BCUT2D eigenvalue weighted by atomic mass is 10.0. The quantitative estimate of drug-likeness (QED) is 0.0738. The zero-order valence-electron chi connectivity index (χ0n) is 23.8. The minimum atomic E-state index is -1.32. The Kier molecular flexibility index (Phi) is 13.2. The number of carbonyl (C=O) groups is 4. The van der Waals surface area contributed by atoms with Crippen LogP contribution in [0.1, 0.15) is 37.8 Å². The largest absolute Gasteiger partial charge is 0.508 e. The molecule has 0 saturated carbocycles. The van der Waals surface area contributed by atoms with Gasteiger partial charge < -0.3 is 43.4 Å². The van der Waals surface area contributed by atoms with Crippen LogP contribution in [-0.4, -0.2) is 70.6 Å². The van der Waals surface area contributed by atoms with E-state index in [0.717, 1.165) is 5.56 Å². The van der Waals surface area contributed by atoms with Crippen molar-refractivity contribution in [3.8, 4) is 5.75 Å². The van der Waals surface area contributed by atoms with Crippen LogP contribution in [0.5, 0.6) is 5.75 Å². The van der Waals surface area contributed by atoms with Crippen LogP contribution in [0, 0.1) is 5.92 Å². The topological polar surface area (TPSA) is 235 Å². The molecule has 0 bridgehead atoms. The number of aliphatic carboxylic acids is 1. The lowest BCUT2D eigenvalue weighted by Gasteiger charge is -2.26. The molecule has 0 aromatic heterocycles. The standard InChI is InChI=1S/C29H41N7O6/c1-17(2)24(30)27(40)35-22(15-18-7-4-3-5-8-18)26(39)34-21(9-6-14-33-29(31)32)25(38)36-23(28(41)42)16-19-10-12-20(37)13-11-19/h3-5,7-8,10-13,17,21-24,37H,6,9,14-16,30H2,1-2H3,(H,34,39)(H,35,40)(H,36,38)(H,41,42)(H4,31,32,33). The van der Waals surface area contributed by atoms with E-state index in [9.17, 15) is 29.4 Å². The lowest BCUT2D eigenvalue weighted by molar-refractivity contribution is -0.142. The highest BCUT2D eigenvalue weighted by Gasteiger charge is 2.31. The number of aromatic hydroxyl groups is 1. The number of carbonyl (C=O) groups excluding carboxylic acids is 3. The molecule has 228 valence electrons.